The number of carbonyl (C=O) groups excluding carboxylic acids is 1. The molecule has 4 nitrogen and oxygen atoms in total. The van der Waals surface area contributed by atoms with Crippen LogP contribution >= 0.6 is 0 Å². The summed E-state index contributed by atoms with van der Waals surface area (Å²) < 4.78 is 4.85. The van der Waals surface area contributed by atoms with Gasteiger partial charge in [-0.1, -0.05) is 11.8 Å². The van der Waals surface area contributed by atoms with Gasteiger partial charge < -0.3 is 14.8 Å². The Bertz CT molecular complexity index is 589. The average Bonchev–Trinajstić information content (AvgIpc) is 2.95. The predicted octanol–water partition coefficient (Wildman–Crippen LogP) is 2.27. The van der Waals surface area contributed by atoms with Crippen LogP contribution in [0.1, 0.15) is 22.3 Å². The highest BCUT2D eigenvalue weighted by Crippen LogP contribution is 2.11. The van der Waals surface area contributed by atoms with Crippen molar-refractivity contribution < 1.29 is 14.3 Å². The van der Waals surface area contributed by atoms with Crippen molar-refractivity contribution in [1.29, 1.82) is 0 Å². The highest BCUT2D eigenvalue weighted by atomic mass is 16.3. The van der Waals surface area contributed by atoms with Gasteiger partial charge in [0.2, 0.25) is 0 Å². The first-order valence-electron chi connectivity index (χ1n) is 5.83. The summed E-state index contributed by atoms with van der Waals surface area (Å²) in [6, 6.07) is 8.79. The zero-order valence-electron chi connectivity index (χ0n) is 10.2. The summed E-state index contributed by atoms with van der Waals surface area (Å²) in [5, 5.41) is 11.4. The Balaban J connectivity index is 1.99. The molecule has 0 unspecified atom stereocenters. The molecule has 96 valence electrons. The lowest BCUT2D eigenvalue weighted by molar-refractivity contribution is 0.102. The Morgan fingerprint density at radius 2 is 2.05 bits per heavy atom. The Morgan fingerprint density at radius 1 is 1.26 bits per heavy atom. The molecule has 2 N–H and O–H groups in total. The molecule has 1 heterocycles. The smallest absolute Gasteiger partial charge is 0.258 e. The van der Waals surface area contributed by atoms with Crippen molar-refractivity contribution in [2.75, 3.05) is 11.9 Å². The second-order valence-electron chi connectivity index (χ2n) is 3.82. The van der Waals surface area contributed by atoms with Crippen molar-refractivity contribution in [3.63, 3.8) is 0 Å². The van der Waals surface area contributed by atoms with E-state index in [9.17, 15) is 4.79 Å². The van der Waals surface area contributed by atoms with E-state index in [2.05, 4.69) is 17.2 Å². The molecule has 0 fully saturated rings. The number of nitrogens with one attached hydrogen (secondary N) is 1. The molecule has 0 aliphatic rings. The molecule has 2 rings (SSSR count). The van der Waals surface area contributed by atoms with Crippen LogP contribution in [0.25, 0.3) is 0 Å². The van der Waals surface area contributed by atoms with Crippen LogP contribution in [0.2, 0.25) is 0 Å². The maximum Gasteiger partial charge on any atom is 0.258 e. The van der Waals surface area contributed by atoms with E-state index < -0.39 is 0 Å². The number of benzene rings is 1. The first-order valence-corrected chi connectivity index (χ1v) is 5.83. The van der Waals surface area contributed by atoms with E-state index in [0.29, 0.717) is 17.7 Å². The fraction of sp³-hybridized carbons (Fsp3) is 0.133. The van der Waals surface area contributed by atoms with Gasteiger partial charge in [0, 0.05) is 17.7 Å². The van der Waals surface area contributed by atoms with Gasteiger partial charge in [0.25, 0.3) is 5.91 Å². The minimum atomic E-state index is -0.215. The van der Waals surface area contributed by atoms with Crippen LogP contribution in [0.3, 0.4) is 0 Å². The highest BCUT2D eigenvalue weighted by Gasteiger charge is 2.06. The van der Waals surface area contributed by atoms with Crippen LogP contribution in [0, 0.1) is 11.8 Å². The topological polar surface area (TPSA) is 62.5 Å². The van der Waals surface area contributed by atoms with Gasteiger partial charge >= 0.3 is 0 Å². The van der Waals surface area contributed by atoms with Crippen LogP contribution in [0.5, 0.6) is 0 Å². The minimum absolute atomic E-state index is 0.0614. The summed E-state index contributed by atoms with van der Waals surface area (Å²) in [6.45, 7) is 0.0614. The lowest BCUT2D eigenvalue weighted by Gasteiger charge is -2.03. The quantitative estimate of drug-likeness (QED) is 0.827. The van der Waals surface area contributed by atoms with E-state index in [0.717, 1.165) is 5.56 Å². The molecule has 19 heavy (non-hydrogen) atoms. The van der Waals surface area contributed by atoms with Crippen molar-refractivity contribution in [1.82, 2.24) is 0 Å². The second-order valence-corrected chi connectivity index (χ2v) is 3.82. The third kappa shape index (κ3) is 3.73. The minimum Gasteiger partial charge on any atom is -0.472 e. The van der Waals surface area contributed by atoms with Gasteiger partial charge in [-0.3, -0.25) is 4.79 Å². The van der Waals surface area contributed by atoms with Gasteiger partial charge in [0.1, 0.15) is 6.26 Å². The lowest BCUT2D eigenvalue weighted by atomic mass is 10.2. The summed E-state index contributed by atoms with van der Waals surface area (Å²) in [5.74, 6) is 5.54. The Kier molecular flexibility index (Phi) is 4.38. The first-order chi connectivity index (χ1) is 9.29. The summed E-state index contributed by atoms with van der Waals surface area (Å²) in [6.07, 6.45) is 3.30. The second kappa shape index (κ2) is 6.43. The molecule has 4 heteroatoms. The molecular formula is C15H13NO3. The zero-order valence-corrected chi connectivity index (χ0v) is 10.2. The van der Waals surface area contributed by atoms with E-state index in [1.54, 1.807) is 18.2 Å². The Morgan fingerprint density at radius 3 is 2.68 bits per heavy atom. The molecule has 1 aromatic carbocycles. The van der Waals surface area contributed by atoms with Gasteiger partial charge in [0.05, 0.1) is 18.4 Å². The van der Waals surface area contributed by atoms with Crippen LogP contribution in [-0.4, -0.2) is 17.6 Å². The van der Waals surface area contributed by atoms with E-state index in [1.165, 1.54) is 12.5 Å². The number of amides is 1. The maximum atomic E-state index is 11.7. The van der Waals surface area contributed by atoms with E-state index in [-0.39, 0.29) is 12.5 Å². The van der Waals surface area contributed by atoms with Crippen molar-refractivity contribution in [2.45, 2.75) is 6.42 Å². The number of hydrogen-bond donors (Lipinski definition) is 2. The van der Waals surface area contributed by atoms with Crippen molar-refractivity contribution in [3.8, 4) is 11.8 Å². The molecule has 0 radical (unpaired) electrons. The number of furan rings is 1. The largest absolute Gasteiger partial charge is 0.472 e. The molecular weight excluding hydrogens is 242 g/mol. The Labute approximate surface area is 111 Å². The summed E-state index contributed by atoms with van der Waals surface area (Å²) in [7, 11) is 0. The van der Waals surface area contributed by atoms with E-state index in [4.69, 9.17) is 9.52 Å². The first kappa shape index (κ1) is 12.9. The van der Waals surface area contributed by atoms with Crippen LogP contribution in [0.4, 0.5) is 5.69 Å². The lowest BCUT2D eigenvalue weighted by Crippen LogP contribution is -2.10. The standard InChI is InChI=1S/C15H13NO3/c17-9-2-1-3-12-4-6-14(7-5-12)16-15(18)13-8-10-19-11-13/h4-8,10-11,17H,2,9H2,(H,16,18). The number of aliphatic hydroxyl groups is 1. The third-order valence-corrected chi connectivity index (χ3v) is 2.40. The van der Waals surface area contributed by atoms with Crippen molar-refractivity contribution in [2.24, 2.45) is 0 Å². The SMILES string of the molecule is O=C(Nc1ccc(C#CCCO)cc1)c1ccoc1. The molecule has 0 spiro atoms. The number of anilines is 1. The van der Waals surface area contributed by atoms with Crippen molar-refractivity contribution in [3.05, 3.63) is 54.0 Å². The van der Waals surface area contributed by atoms with E-state index >= 15 is 0 Å². The fourth-order valence-corrected chi connectivity index (χ4v) is 1.45. The third-order valence-electron chi connectivity index (χ3n) is 2.40. The van der Waals surface area contributed by atoms with Crippen LogP contribution in [0.15, 0.2) is 47.3 Å². The average molecular weight is 255 g/mol. The number of carbonyl (C=O) groups is 1. The molecule has 0 saturated carbocycles. The molecule has 0 saturated heterocycles. The van der Waals surface area contributed by atoms with Gasteiger partial charge in [-0.25, -0.2) is 0 Å². The van der Waals surface area contributed by atoms with Gasteiger partial charge in [-0.2, -0.15) is 0 Å². The van der Waals surface area contributed by atoms with Crippen LogP contribution < -0.4 is 5.32 Å². The fourth-order valence-electron chi connectivity index (χ4n) is 1.45. The molecule has 0 aliphatic carbocycles. The molecule has 2 aromatic rings. The number of rotatable bonds is 3. The molecule has 1 amide bonds. The maximum absolute atomic E-state index is 11.7. The van der Waals surface area contributed by atoms with Crippen LogP contribution in [-0.2, 0) is 0 Å². The molecule has 0 bridgehead atoms. The number of hydrogen-bond acceptors (Lipinski definition) is 3. The molecule has 0 aliphatic heterocycles. The van der Waals surface area contributed by atoms with Gasteiger partial charge in [-0.15, -0.1) is 0 Å². The normalized spacial score (nSPS) is 9.53. The van der Waals surface area contributed by atoms with Crippen molar-refractivity contribution >= 4 is 11.6 Å². The Hall–Kier alpha value is -2.51. The summed E-state index contributed by atoms with van der Waals surface area (Å²) in [4.78, 5) is 11.7. The number of aliphatic hydroxyl groups excluding tert-OH is 1. The zero-order chi connectivity index (χ0) is 13.5. The monoisotopic (exact) mass is 255 g/mol. The summed E-state index contributed by atoms with van der Waals surface area (Å²) in [5.41, 5.74) is 2.01. The van der Waals surface area contributed by atoms with Gasteiger partial charge in [0.15, 0.2) is 0 Å². The predicted molar refractivity (Wildman–Crippen MR) is 71.7 cm³/mol. The molecule has 1 aromatic heterocycles. The van der Waals surface area contributed by atoms with Gasteiger partial charge in [-0.05, 0) is 30.3 Å². The molecule has 0 atom stereocenters. The summed E-state index contributed by atoms with van der Waals surface area (Å²) >= 11 is 0. The highest BCUT2D eigenvalue weighted by molar-refractivity contribution is 6.03. The van der Waals surface area contributed by atoms with E-state index in [1.807, 2.05) is 12.1 Å².